The van der Waals surface area contributed by atoms with Gasteiger partial charge < -0.3 is 15.4 Å². The van der Waals surface area contributed by atoms with Gasteiger partial charge in [0, 0.05) is 23.7 Å². The first-order valence-corrected chi connectivity index (χ1v) is 8.35. The Balaban J connectivity index is 1.92. The SMILES string of the molecule is CCC(C)NC(=O)c1ccc(C(=O)NCc2ccc(OC)cc2)cc1. The predicted molar refractivity (Wildman–Crippen MR) is 97.8 cm³/mol. The number of hydrogen-bond donors (Lipinski definition) is 2. The summed E-state index contributed by atoms with van der Waals surface area (Å²) in [6, 6.07) is 14.3. The second kappa shape index (κ2) is 8.87. The summed E-state index contributed by atoms with van der Waals surface area (Å²) in [5, 5.41) is 5.76. The molecule has 5 nitrogen and oxygen atoms in total. The minimum Gasteiger partial charge on any atom is -0.497 e. The Morgan fingerprint density at radius 1 is 0.960 bits per heavy atom. The normalized spacial score (nSPS) is 11.5. The monoisotopic (exact) mass is 340 g/mol. The maximum absolute atomic E-state index is 12.2. The molecule has 2 aromatic rings. The fraction of sp³-hybridized carbons (Fsp3) is 0.300. The largest absolute Gasteiger partial charge is 0.497 e. The van der Waals surface area contributed by atoms with Crippen LogP contribution in [-0.2, 0) is 6.54 Å². The molecular weight excluding hydrogens is 316 g/mol. The Labute approximate surface area is 148 Å². The average Bonchev–Trinajstić information content (AvgIpc) is 2.66. The Hall–Kier alpha value is -2.82. The van der Waals surface area contributed by atoms with Crippen LogP contribution in [0, 0.1) is 0 Å². The fourth-order valence-corrected chi connectivity index (χ4v) is 2.21. The van der Waals surface area contributed by atoms with Gasteiger partial charge in [-0.2, -0.15) is 0 Å². The number of carbonyl (C=O) groups is 2. The maximum Gasteiger partial charge on any atom is 0.251 e. The van der Waals surface area contributed by atoms with Gasteiger partial charge in [0.25, 0.3) is 11.8 Å². The molecule has 0 saturated carbocycles. The molecule has 2 amide bonds. The topological polar surface area (TPSA) is 67.4 Å². The van der Waals surface area contributed by atoms with Crippen molar-refractivity contribution in [1.29, 1.82) is 0 Å². The Bertz CT molecular complexity index is 709. The summed E-state index contributed by atoms with van der Waals surface area (Å²) in [4.78, 5) is 24.2. The summed E-state index contributed by atoms with van der Waals surface area (Å²) in [5.41, 5.74) is 2.05. The van der Waals surface area contributed by atoms with Gasteiger partial charge in [0.05, 0.1) is 7.11 Å². The van der Waals surface area contributed by atoms with E-state index in [1.165, 1.54) is 0 Å². The highest BCUT2D eigenvalue weighted by molar-refractivity contribution is 5.97. The van der Waals surface area contributed by atoms with Gasteiger partial charge in [-0.05, 0) is 55.3 Å². The highest BCUT2D eigenvalue weighted by Gasteiger charge is 2.10. The molecule has 0 saturated heterocycles. The Kier molecular flexibility index (Phi) is 6.57. The van der Waals surface area contributed by atoms with E-state index in [1.54, 1.807) is 31.4 Å². The van der Waals surface area contributed by atoms with Crippen molar-refractivity contribution >= 4 is 11.8 Å². The lowest BCUT2D eigenvalue weighted by atomic mass is 10.1. The van der Waals surface area contributed by atoms with Gasteiger partial charge in [-0.15, -0.1) is 0 Å². The van der Waals surface area contributed by atoms with E-state index in [2.05, 4.69) is 10.6 Å². The second-order valence-corrected chi connectivity index (χ2v) is 5.89. The molecule has 1 unspecified atom stereocenters. The van der Waals surface area contributed by atoms with E-state index >= 15 is 0 Å². The zero-order valence-electron chi connectivity index (χ0n) is 14.8. The molecule has 0 spiro atoms. The van der Waals surface area contributed by atoms with E-state index in [0.717, 1.165) is 17.7 Å². The summed E-state index contributed by atoms with van der Waals surface area (Å²) < 4.78 is 5.11. The van der Waals surface area contributed by atoms with E-state index < -0.39 is 0 Å². The molecule has 0 fully saturated rings. The summed E-state index contributed by atoms with van der Waals surface area (Å²) in [5.74, 6) is 0.477. The molecule has 0 aromatic heterocycles. The third kappa shape index (κ3) is 5.35. The van der Waals surface area contributed by atoms with Crippen molar-refractivity contribution in [3.05, 3.63) is 65.2 Å². The molecule has 2 aromatic carbocycles. The molecule has 5 heteroatoms. The quantitative estimate of drug-likeness (QED) is 0.813. The van der Waals surface area contributed by atoms with Gasteiger partial charge >= 0.3 is 0 Å². The van der Waals surface area contributed by atoms with Crippen molar-refractivity contribution in [1.82, 2.24) is 10.6 Å². The molecule has 0 aliphatic carbocycles. The zero-order valence-corrected chi connectivity index (χ0v) is 14.8. The summed E-state index contributed by atoms with van der Waals surface area (Å²) >= 11 is 0. The van der Waals surface area contributed by atoms with Gasteiger partial charge in [-0.1, -0.05) is 19.1 Å². The molecule has 0 radical (unpaired) electrons. The predicted octanol–water partition coefficient (Wildman–Crippen LogP) is 3.15. The van der Waals surface area contributed by atoms with Crippen molar-refractivity contribution in [2.45, 2.75) is 32.9 Å². The number of carbonyl (C=O) groups excluding carboxylic acids is 2. The summed E-state index contributed by atoms with van der Waals surface area (Å²) in [7, 11) is 1.61. The molecule has 2 N–H and O–H groups in total. The molecular formula is C20H24N2O3. The number of rotatable bonds is 7. The molecule has 2 rings (SSSR count). The van der Waals surface area contributed by atoms with Crippen LogP contribution in [0.4, 0.5) is 0 Å². The van der Waals surface area contributed by atoms with Crippen LogP contribution in [0.5, 0.6) is 5.75 Å². The number of benzene rings is 2. The van der Waals surface area contributed by atoms with E-state index in [9.17, 15) is 9.59 Å². The third-order valence-electron chi connectivity index (χ3n) is 4.01. The van der Waals surface area contributed by atoms with Crippen molar-refractivity contribution in [2.75, 3.05) is 7.11 Å². The molecule has 0 bridgehead atoms. The number of ether oxygens (including phenoxy) is 1. The zero-order chi connectivity index (χ0) is 18.2. The summed E-state index contributed by atoms with van der Waals surface area (Å²) in [6.07, 6.45) is 0.873. The van der Waals surface area contributed by atoms with E-state index in [4.69, 9.17) is 4.74 Å². The van der Waals surface area contributed by atoms with Crippen LogP contribution in [0.25, 0.3) is 0 Å². The van der Waals surface area contributed by atoms with Crippen molar-refractivity contribution in [3.8, 4) is 5.75 Å². The Morgan fingerprint density at radius 3 is 2.04 bits per heavy atom. The molecule has 25 heavy (non-hydrogen) atoms. The first-order valence-electron chi connectivity index (χ1n) is 8.35. The summed E-state index contributed by atoms with van der Waals surface area (Å²) in [6.45, 7) is 4.40. The second-order valence-electron chi connectivity index (χ2n) is 5.89. The number of methoxy groups -OCH3 is 1. The van der Waals surface area contributed by atoms with E-state index in [0.29, 0.717) is 17.7 Å². The fourth-order valence-electron chi connectivity index (χ4n) is 2.21. The number of amides is 2. The minimum absolute atomic E-state index is 0.125. The lowest BCUT2D eigenvalue weighted by Gasteiger charge is -2.11. The average molecular weight is 340 g/mol. The molecule has 0 heterocycles. The smallest absolute Gasteiger partial charge is 0.251 e. The lowest BCUT2D eigenvalue weighted by molar-refractivity contribution is 0.0931. The molecule has 0 aliphatic heterocycles. The van der Waals surface area contributed by atoms with Gasteiger partial charge in [-0.25, -0.2) is 0 Å². The van der Waals surface area contributed by atoms with Crippen LogP contribution in [-0.4, -0.2) is 25.0 Å². The highest BCUT2D eigenvalue weighted by atomic mass is 16.5. The maximum atomic E-state index is 12.2. The third-order valence-corrected chi connectivity index (χ3v) is 4.01. The van der Waals surface area contributed by atoms with Gasteiger partial charge in [0.15, 0.2) is 0 Å². The van der Waals surface area contributed by atoms with Gasteiger partial charge in [0.1, 0.15) is 5.75 Å². The first-order chi connectivity index (χ1) is 12.0. The lowest BCUT2D eigenvalue weighted by Crippen LogP contribution is -2.32. The number of nitrogens with one attached hydrogen (secondary N) is 2. The van der Waals surface area contributed by atoms with Crippen LogP contribution in [0.3, 0.4) is 0 Å². The first kappa shape index (κ1) is 18.5. The highest BCUT2D eigenvalue weighted by Crippen LogP contribution is 2.11. The Morgan fingerprint density at radius 2 is 1.52 bits per heavy atom. The number of hydrogen-bond acceptors (Lipinski definition) is 3. The van der Waals surface area contributed by atoms with Crippen molar-refractivity contribution in [2.24, 2.45) is 0 Å². The molecule has 1 atom stereocenters. The van der Waals surface area contributed by atoms with Gasteiger partial charge in [-0.3, -0.25) is 9.59 Å². The minimum atomic E-state index is -0.176. The van der Waals surface area contributed by atoms with E-state index in [-0.39, 0.29) is 17.9 Å². The van der Waals surface area contributed by atoms with E-state index in [1.807, 2.05) is 38.1 Å². The van der Waals surface area contributed by atoms with Crippen molar-refractivity contribution in [3.63, 3.8) is 0 Å². The van der Waals surface area contributed by atoms with Crippen molar-refractivity contribution < 1.29 is 14.3 Å². The van der Waals surface area contributed by atoms with Crippen LogP contribution >= 0.6 is 0 Å². The molecule has 0 aliphatic rings. The van der Waals surface area contributed by atoms with Crippen LogP contribution < -0.4 is 15.4 Å². The molecule has 132 valence electrons. The van der Waals surface area contributed by atoms with Gasteiger partial charge in [0.2, 0.25) is 0 Å². The van der Waals surface area contributed by atoms with Crippen LogP contribution in [0.1, 0.15) is 46.5 Å². The van der Waals surface area contributed by atoms with Crippen LogP contribution in [0.15, 0.2) is 48.5 Å². The standard InChI is InChI=1S/C20H24N2O3/c1-4-14(2)22-20(24)17-9-7-16(8-10-17)19(23)21-13-15-5-11-18(25-3)12-6-15/h5-12,14H,4,13H2,1-3H3,(H,21,23)(H,22,24). The van der Waals surface area contributed by atoms with Crippen LogP contribution in [0.2, 0.25) is 0 Å².